The van der Waals surface area contributed by atoms with Crippen molar-refractivity contribution in [1.29, 1.82) is 5.26 Å². The first kappa shape index (κ1) is 12.3. The highest BCUT2D eigenvalue weighted by Crippen LogP contribution is 2.37. The van der Waals surface area contributed by atoms with Crippen molar-refractivity contribution in [3.63, 3.8) is 0 Å². The van der Waals surface area contributed by atoms with E-state index in [0.717, 1.165) is 19.2 Å². The second-order valence-electron chi connectivity index (χ2n) is 2.98. The normalized spacial score (nSPS) is 11.0. The smallest absolute Gasteiger partial charge is 0.419 e. The SMILES string of the molecule is COc1cc(C#N)c(CO)cc1C(F)(F)F. The van der Waals surface area contributed by atoms with Crippen LogP contribution in [0.2, 0.25) is 0 Å². The van der Waals surface area contributed by atoms with Gasteiger partial charge in [0.15, 0.2) is 0 Å². The zero-order chi connectivity index (χ0) is 12.3. The molecule has 1 aromatic rings. The highest BCUT2D eigenvalue weighted by atomic mass is 19.4. The predicted octanol–water partition coefficient (Wildman–Crippen LogP) is 2.08. The average Bonchev–Trinajstić information content (AvgIpc) is 2.25. The van der Waals surface area contributed by atoms with Crippen molar-refractivity contribution in [2.75, 3.05) is 7.11 Å². The Labute approximate surface area is 89.7 Å². The highest BCUT2D eigenvalue weighted by molar-refractivity contribution is 5.49. The lowest BCUT2D eigenvalue weighted by atomic mass is 10.0. The summed E-state index contributed by atoms with van der Waals surface area (Å²) in [5, 5.41) is 17.5. The van der Waals surface area contributed by atoms with Crippen molar-refractivity contribution in [3.8, 4) is 11.8 Å². The number of nitrogens with zero attached hydrogens (tertiary/aromatic N) is 1. The van der Waals surface area contributed by atoms with E-state index in [1.54, 1.807) is 6.07 Å². The fraction of sp³-hybridized carbons (Fsp3) is 0.300. The lowest BCUT2D eigenvalue weighted by Gasteiger charge is -2.13. The van der Waals surface area contributed by atoms with E-state index >= 15 is 0 Å². The Morgan fingerprint density at radius 2 is 2.06 bits per heavy atom. The van der Waals surface area contributed by atoms with Crippen LogP contribution in [0.3, 0.4) is 0 Å². The molecule has 0 aliphatic heterocycles. The standard InChI is InChI=1S/C10H8F3NO2/c1-16-9-3-6(4-14)7(5-15)2-8(9)10(11,12)13/h2-3,15H,5H2,1H3. The van der Waals surface area contributed by atoms with Crippen molar-refractivity contribution in [2.24, 2.45) is 0 Å². The first-order valence-electron chi connectivity index (χ1n) is 4.23. The molecule has 1 N–H and O–H groups in total. The minimum Gasteiger partial charge on any atom is -0.496 e. The molecule has 16 heavy (non-hydrogen) atoms. The van der Waals surface area contributed by atoms with Gasteiger partial charge in [0.25, 0.3) is 0 Å². The van der Waals surface area contributed by atoms with Gasteiger partial charge in [0.05, 0.1) is 30.9 Å². The van der Waals surface area contributed by atoms with Crippen LogP contribution in [0, 0.1) is 11.3 Å². The third kappa shape index (κ3) is 2.25. The summed E-state index contributed by atoms with van der Waals surface area (Å²) in [6, 6.07) is 3.38. The fourth-order valence-corrected chi connectivity index (χ4v) is 1.25. The number of hydrogen-bond donors (Lipinski definition) is 1. The molecule has 0 saturated heterocycles. The largest absolute Gasteiger partial charge is 0.496 e. The molecule has 0 atom stereocenters. The summed E-state index contributed by atoms with van der Waals surface area (Å²) in [7, 11) is 1.09. The molecule has 86 valence electrons. The number of ether oxygens (including phenoxy) is 1. The molecule has 0 radical (unpaired) electrons. The molecule has 0 amide bonds. The summed E-state index contributed by atoms with van der Waals surface area (Å²) >= 11 is 0. The second-order valence-corrected chi connectivity index (χ2v) is 2.98. The fourth-order valence-electron chi connectivity index (χ4n) is 1.25. The van der Waals surface area contributed by atoms with Crippen LogP contribution in [-0.2, 0) is 12.8 Å². The van der Waals surface area contributed by atoms with Gasteiger partial charge in [0.1, 0.15) is 5.75 Å². The summed E-state index contributed by atoms with van der Waals surface area (Å²) in [4.78, 5) is 0. The quantitative estimate of drug-likeness (QED) is 0.847. The van der Waals surface area contributed by atoms with Crippen molar-refractivity contribution in [2.45, 2.75) is 12.8 Å². The van der Waals surface area contributed by atoms with Crippen LogP contribution in [-0.4, -0.2) is 12.2 Å². The average molecular weight is 231 g/mol. The zero-order valence-corrected chi connectivity index (χ0v) is 8.30. The second kappa shape index (κ2) is 4.41. The molecule has 0 fully saturated rings. The molecule has 3 nitrogen and oxygen atoms in total. The number of alkyl halides is 3. The molecule has 1 aromatic carbocycles. The van der Waals surface area contributed by atoms with Crippen molar-refractivity contribution in [3.05, 3.63) is 28.8 Å². The molecule has 0 heterocycles. The molecule has 1 rings (SSSR count). The van der Waals surface area contributed by atoms with Crippen LogP contribution in [0.5, 0.6) is 5.75 Å². The number of nitriles is 1. The van der Waals surface area contributed by atoms with E-state index in [1.165, 1.54) is 0 Å². The third-order valence-corrected chi connectivity index (χ3v) is 2.02. The molecule has 0 unspecified atom stereocenters. The van der Waals surface area contributed by atoms with Crippen molar-refractivity contribution in [1.82, 2.24) is 0 Å². The Bertz CT molecular complexity index is 435. The van der Waals surface area contributed by atoms with Gasteiger partial charge in [0, 0.05) is 0 Å². The topological polar surface area (TPSA) is 53.2 Å². The maximum atomic E-state index is 12.5. The summed E-state index contributed by atoms with van der Waals surface area (Å²) in [6.07, 6.45) is -4.58. The summed E-state index contributed by atoms with van der Waals surface area (Å²) in [6.45, 7) is -0.629. The third-order valence-electron chi connectivity index (χ3n) is 2.02. The highest BCUT2D eigenvalue weighted by Gasteiger charge is 2.35. The van der Waals surface area contributed by atoms with Crippen molar-refractivity contribution >= 4 is 0 Å². The van der Waals surface area contributed by atoms with E-state index < -0.39 is 24.1 Å². The van der Waals surface area contributed by atoms with E-state index in [2.05, 4.69) is 4.74 Å². The summed E-state index contributed by atoms with van der Waals surface area (Å²) < 4.78 is 42.2. The van der Waals surface area contributed by atoms with Crippen LogP contribution in [0.4, 0.5) is 13.2 Å². The first-order chi connectivity index (χ1) is 7.43. The maximum absolute atomic E-state index is 12.5. The van der Waals surface area contributed by atoms with Gasteiger partial charge in [-0.1, -0.05) is 0 Å². The van der Waals surface area contributed by atoms with E-state index in [9.17, 15) is 13.2 Å². The minimum absolute atomic E-state index is 0.0349. The van der Waals surface area contributed by atoms with Gasteiger partial charge >= 0.3 is 6.18 Å². The molecule has 0 aromatic heterocycles. The molecule has 0 spiro atoms. The van der Waals surface area contributed by atoms with Crippen LogP contribution < -0.4 is 4.74 Å². The lowest BCUT2D eigenvalue weighted by molar-refractivity contribution is -0.138. The number of aliphatic hydroxyl groups excluding tert-OH is 1. The van der Waals surface area contributed by atoms with E-state index in [4.69, 9.17) is 10.4 Å². The van der Waals surface area contributed by atoms with Gasteiger partial charge in [-0.3, -0.25) is 0 Å². The van der Waals surface area contributed by atoms with Gasteiger partial charge in [-0.25, -0.2) is 0 Å². The van der Waals surface area contributed by atoms with E-state index in [1.807, 2.05) is 0 Å². The Balaban J connectivity index is 3.45. The van der Waals surface area contributed by atoms with E-state index in [0.29, 0.717) is 0 Å². The maximum Gasteiger partial charge on any atom is 0.419 e. The number of halogens is 3. The molecular formula is C10H8F3NO2. The predicted molar refractivity (Wildman–Crippen MR) is 48.6 cm³/mol. The van der Waals surface area contributed by atoms with Crippen LogP contribution in [0.25, 0.3) is 0 Å². The monoisotopic (exact) mass is 231 g/mol. The molecular weight excluding hydrogens is 223 g/mol. The minimum atomic E-state index is -4.58. The molecule has 0 aliphatic carbocycles. The van der Waals surface area contributed by atoms with E-state index in [-0.39, 0.29) is 11.1 Å². The van der Waals surface area contributed by atoms with Gasteiger partial charge in [0.2, 0.25) is 0 Å². The van der Waals surface area contributed by atoms with Crippen LogP contribution >= 0.6 is 0 Å². The molecule has 0 saturated carbocycles. The number of benzene rings is 1. The molecule has 0 bridgehead atoms. The number of hydrogen-bond acceptors (Lipinski definition) is 3. The number of aliphatic hydroxyl groups is 1. The van der Waals surface area contributed by atoms with Gasteiger partial charge in [-0.2, -0.15) is 18.4 Å². The Morgan fingerprint density at radius 3 is 2.44 bits per heavy atom. The molecule has 6 heteroatoms. The Hall–Kier alpha value is -1.74. The van der Waals surface area contributed by atoms with Crippen LogP contribution in [0.15, 0.2) is 12.1 Å². The zero-order valence-electron chi connectivity index (χ0n) is 8.30. The van der Waals surface area contributed by atoms with Crippen LogP contribution in [0.1, 0.15) is 16.7 Å². The van der Waals surface area contributed by atoms with Gasteiger partial charge < -0.3 is 9.84 Å². The summed E-state index contributed by atoms with van der Waals surface area (Å²) in [5.74, 6) is -0.429. The lowest BCUT2D eigenvalue weighted by Crippen LogP contribution is -2.09. The number of rotatable bonds is 2. The summed E-state index contributed by atoms with van der Waals surface area (Å²) in [5.41, 5.74) is -1.11. The Kier molecular flexibility index (Phi) is 3.40. The number of methoxy groups -OCH3 is 1. The first-order valence-corrected chi connectivity index (χ1v) is 4.23. The van der Waals surface area contributed by atoms with Gasteiger partial charge in [-0.15, -0.1) is 0 Å². The van der Waals surface area contributed by atoms with Crippen molar-refractivity contribution < 1.29 is 23.0 Å². The van der Waals surface area contributed by atoms with Gasteiger partial charge in [-0.05, 0) is 17.7 Å². The Morgan fingerprint density at radius 1 is 1.44 bits per heavy atom. The molecule has 0 aliphatic rings.